The van der Waals surface area contributed by atoms with Gasteiger partial charge in [-0.2, -0.15) is 0 Å². The van der Waals surface area contributed by atoms with Crippen LogP contribution in [0.5, 0.6) is 0 Å². The third-order valence-electron chi connectivity index (χ3n) is 2.03. The molecule has 0 amide bonds. The van der Waals surface area contributed by atoms with Crippen molar-refractivity contribution in [2.75, 3.05) is 18.7 Å². The summed E-state index contributed by atoms with van der Waals surface area (Å²) < 4.78 is 0. The van der Waals surface area contributed by atoms with Crippen LogP contribution in [0.1, 0.15) is 26.3 Å². The highest BCUT2D eigenvalue weighted by atomic mass is 17.2. The van der Waals surface area contributed by atoms with Gasteiger partial charge in [0.05, 0.1) is 5.60 Å². The van der Waals surface area contributed by atoms with E-state index in [1.807, 2.05) is 32.7 Å². The van der Waals surface area contributed by atoms with Gasteiger partial charge in [-0.3, -0.25) is 0 Å². The van der Waals surface area contributed by atoms with Crippen molar-refractivity contribution >= 4 is 5.69 Å². The molecule has 0 unspecified atom stereocenters. The fourth-order valence-electron chi connectivity index (χ4n) is 1.16. The molecule has 0 aromatic heterocycles. The van der Waals surface area contributed by atoms with Gasteiger partial charge in [-0.1, -0.05) is 17.7 Å². The summed E-state index contributed by atoms with van der Waals surface area (Å²) in [6.07, 6.45) is 0. The summed E-state index contributed by atoms with van der Waals surface area (Å²) in [6, 6.07) is 8.29. The Balaban J connectivity index is 2.41. The molecule has 0 fully saturated rings. The molecule has 0 heterocycles. The Morgan fingerprint density at radius 3 is 2.19 bits per heavy atom. The van der Waals surface area contributed by atoms with Crippen molar-refractivity contribution in [1.82, 2.24) is 0 Å². The third kappa shape index (κ3) is 4.64. The van der Waals surface area contributed by atoms with Gasteiger partial charge in [0, 0.05) is 12.7 Å². The minimum absolute atomic E-state index is 0.270. The Hall–Kier alpha value is -1.06. The van der Waals surface area contributed by atoms with Crippen molar-refractivity contribution in [1.29, 1.82) is 0 Å². The van der Waals surface area contributed by atoms with Gasteiger partial charge in [-0.05, 0) is 39.8 Å². The molecule has 0 aliphatic carbocycles. The van der Waals surface area contributed by atoms with E-state index in [0.29, 0.717) is 6.73 Å². The summed E-state index contributed by atoms with van der Waals surface area (Å²) in [6.45, 7) is 8.36. The Morgan fingerprint density at radius 2 is 1.69 bits per heavy atom. The summed E-state index contributed by atoms with van der Waals surface area (Å²) in [7, 11) is 1.97. The molecule has 16 heavy (non-hydrogen) atoms. The van der Waals surface area contributed by atoms with Gasteiger partial charge >= 0.3 is 0 Å². The smallest absolute Gasteiger partial charge is 0.154 e. The summed E-state index contributed by atoms with van der Waals surface area (Å²) in [4.78, 5) is 12.4. The molecule has 0 aliphatic heterocycles. The molecule has 0 atom stereocenters. The van der Waals surface area contributed by atoms with Crippen molar-refractivity contribution in [2.24, 2.45) is 0 Å². The minimum Gasteiger partial charge on any atom is -0.349 e. The van der Waals surface area contributed by atoms with Crippen LogP contribution in [-0.4, -0.2) is 19.4 Å². The van der Waals surface area contributed by atoms with E-state index in [1.165, 1.54) is 5.56 Å². The fourth-order valence-corrected chi connectivity index (χ4v) is 1.16. The topological polar surface area (TPSA) is 21.7 Å². The largest absolute Gasteiger partial charge is 0.349 e. The molecule has 3 nitrogen and oxygen atoms in total. The zero-order valence-electron chi connectivity index (χ0n) is 10.8. The zero-order valence-corrected chi connectivity index (χ0v) is 10.8. The standard InChI is InChI=1S/C13H21NO2/c1-11-6-8-12(9-7-11)14(5)10-15-16-13(2,3)4/h6-9H,10H2,1-5H3. The van der Waals surface area contributed by atoms with Crippen LogP contribution in [0.25, 0.3) is 0 Å². The van der Waals surface area contributed by atoms with Crippen molar-refractivity contribution in [3.8, 4) is 0 Å². The lowest BCUT2D eigenvalue weighted by Crippen LogP contribution is -2.26. The summed E-state index contributed by atoms with van der Waals surface area (Å²) >= 11 is 0. The molecule has 0 saturated carbocycles. The van der Waals surface area contributed by atoms with Gasteiger partial charge in [0.1, 0.15) is 0 Å². The predicted molar refractivity (Wildman–Crippen MR) is 66.4 cm³/mol. The number of benzene rings is 1. The first-order valence-electron chi connectivity index (χ1n) is 5.47. The lowest BCUT2D eigenvalue weighted by Gasteiger charge is -2.22. The van der Waals surface area contributed by atoms with Gasteiger partial charge in [0.15, 0.2) is 6.73 Å². The van der Waals surface area contributed by atoms with E-state index in [-0.39, 0.29) is 5.60 Å². The Kier molecular flexibility index (Phi) is 4.33. The number of aryl methyl sites for hydroxylation is 1. The molecule has 1 aromatic rings. The maximum atomic E-state index is 5.20. The van der Waals surface area contributed by atoms with Crippen LogP contribution >= 0.6 is 0 Å². The van der Waals surface area contributed by atoms with Crippen molar-refractivity contribution < 1.29 is 9.78 Å². The number of hydrogen-bond acceptors (Lipinski definition) is 3. The van der Waals surface area contributed by atoms with Crippen molar-refractivity contribution in [3.63, 3.8) is 0 Å². The number of anilines is 1. The van der Waals surface area contributed by atoms with Crippen LogP contribution in [0.4, 0.5) is 5.69 Å². The maximum Gasteiger partial charge on any atom is 0.154 e. The van der Waals surface area contributed by atoms with E-state index in [1.54, 1.807) is 0 Å². The first-order chi connectivity index (χ1) is 7.38. The van der Waals surface area contributed by atoms with E-state index in [4.69, 9.17) is 9.78 Å². The summed E-state index contributed by atoms with van der Waals surface area (Å²) in [5.41, 5.74) is 2.10. The van der Waals surface area contributed by atoms with Crippen LogP contribution < -0.4 is 4.90 Å². The molecule has 0 saturated heterocycles. The highest BCUT2D eigenvalue weighted by Gasteiger charge is 2.11. The second-order valence-electron chi connectivity index (χ2n) is 4.98. The van der Waals surface area contributed by atoms with Gasteiger partial charge in [-0.25, -0.2) is 9.78 Å². The number of rotatable bonds is 4. The normalized spacial score (nSPS) is 11.6. The maximum absolute atomic E-state index is 5.20. The predicted octanol–water partition coefficient (Wildman–Crippen LogP) is 3.14. The molecule has 0 aliphatic rings. The molecule has 0 bridgehead atoms. The van der Waals surface area contributed by atoms with Crippen LogP contribution in [0.3, 0.4) is 0 Å². The highest BCUT2D eigenvalue weighted by molar-refractivity contribution is 5.46. The SMILES string of the molecule is Cc1ccc(N(C)COOC(C)(C)C)cc1. The molecular formula is C13H21NO2. The lowest BCUT2D eigenvalue weighted by atomic mass is 10.2. The quantitative estimate of drug-likeness (QED) is 0.444. The van der Waals surface area contributed by atoms with E-state index in [0.717, 1.165) is 5.69 Å². The average Bonchev–Trinajstić information content (AvgIpc) is 2.16. The lowest BCUT2D eigenvalue weighted by molar-refractivity contribution is -0.347. The molecule has 1 aromatic carbocycles. The Bertz CT molecular complexity index is 314. The van der Waals surface area contributed by atoms with Crippen molar-refractivity contribution in [2.45, 2.75) is 33.3 Å². The van der Waals surface area contributed by atoms with Crippen LogP contribution in [0.15, 0.2) is 24.3 Å². The molecule has 90 valence electrons. The molecule has 0 spiro atoms. The van der Waals surface area contributed by atoms with Crippen LogP contribution in [0.2, 0.25) is 0 Å². The second kappa shape index (κ2) is 5.32. The second-order valence-corrected chi connectivity index (χ2v) is 4.98. The monoisotopic (exact) mass is 223 g/mol. The average molecular weight is 223 g/mol. The van der Waals surface area contributed by atoms with Gasteiger partial charge < -0.3 is 4.90 Å². The Labute approximate surface area is 97.9 Å². The highest BCUT2D eigenvalue weighted by Crippen LogP contribution is 2.14. The molecule has 0 N–H and O–H groups in total. The van der Waals surface area contributed by atoms with E-state index in [9.17, 15) is 0 Å². The third-order valence-corrected chi connectivity index (χ3v) is 2.03. The fraction of sp³-hybridized carbons (Fsp3) is 0.538. The van der Waals surface area contributed by atoms with Crippen LogP contribution in [-0.2, 0) is 9.78 Å². The molecule has 3 heteroatoms. The van der Waals surface area contributed by atoms with Gasteiger partial charge in [-0.15, -0.1) is 0 Å². The first kappa shape index (κ1) is 13.0. The van der Waals surface area contributed by atoms with Crippen LogP contribution in [0, 0.1) is 6.92 Å². The van der Waals surface area contributed by atoms with E-state index >= 15 is 0 Å². The molecule has 1 rings (SSSR count). The van der Waals surface area contributed by atoms with Gasteiger partial charge in [0.25, 0.3) is 0 Å². The first-order valence-corrected chi connectivity index (χ1v) is 5.47. The minimum atomic E-state index is -0.270. The van der Waals surface area contributed by atoms with Gasteiger partial charge in [0.2, 0.25) is 0 Å². The van der Waals surface area contributed by atoms with E-state index < -0.39 is 0 Å². The molecular weight excluding hydrogens is 202 g/mol. The summed E-state index contributed by atoms with van der Waals surface area (Å²) in [5.74, 6) is 0. The molecule has 0 radical (unpaired) electrons. The van der Waals surface area contributed by atoms with E-state index in [2.05, 4.69) is 31.2 Å². The zero-order chi connectivity index (χ0) is 12.2. The Morgan fingerprint density at radius 1 is 1.12 bits per heavy atom. The summed E-state index contributed by atoms with van der Waals surface area (Å²) in [5, 5.41) is 0. The number of nitrogens with zero attached hydrogens (tertiary/aromatic N) is 1. The van der Waals surface area contributed by atoms with Crippen molar-refractivity contribution in [3.05, 3.63) is 29.8 Å². The number of hydrogen-bond donors (Lipinski definition) is 0.